The van der Waals surface area contributed by atoms with Crippen molar-refractivity contribution >= 4 is 29.7 Å². The number of hydrogen-bond acceptors (Lipinski definition) is 5. The number of carbonyl (C=O) groups excluding carboxylic acids is 4. The van der Waals surface area contributed by atoms with E-state index in [-0.39, 0.29) is 30.4 Å². The third-order valence-corrected chi connectivity index (χ3v) is 5.75. The van der Waals surface area contributed by atoms with E-state index in [9.17, 15) is 23.6 Å². The standard InChI is InChI=1S/C24H24FN5O4/c25-17-6-7-21-28-20(13-30(21)12-17)24(34)29-19(10-15-4-2-1-3-5-15)23(33)27-18(14-31)11-16-8-9-26-22(16)32/h1-7,12-14,16,18-19H,8-11H2,(H,26,32)(H,27,33)(H,29,34)/t16-,18-,19-/m0/s1. The highest BCUT2D eigenvalue weighted by atomic mass is 19.1. The Hall–Kier alpha value is -4.08. The largest absolute Gasteiger partial charge is 0.356 e. The molecule has 0 radical (unpaired) electrons. The normalized spacial score (nSPS) is 17.1. The van der Waals surface area contributed by atoms with Crippen LogP contribution in [-0.2, 0) is 20.8 Å². The SMILES string of the molecule is O=C[C@H](C[C@@H]1CCNC1=O)NC(=O)[C@H](Cc1ccccc1)NC(=O)c1cn2cc(F)ccc2n1. The Balaban J connectivity index is 1.50. The van der Waals surface area contributed by atoms with Crippen molar-refractivity contribution in [1.29, 1.82) is 0 Å². The molecule has 0 aliphatic carbocycles. The second-order valence-electron chi connectivity index (χ2n) is 8.22. The van der Waals surface area contributed by atoms with Crippen LogP contribution >= 0.6 is 0 Å². The van der Waals surface area contributed by atoms with Crippen LogP contribution in [0.1, 0.15) is 28.9 Å². The van der Waals surface area contributed by atoms with Gasteiger partial charge in [-0.2, -0.15) is 0 Å². The summed E-state index contributed by atoms with van der Waals surface area (Å²) in [6.45, 7) is 0.540. The first-order chi connectivity index (χ1) is 16.4. The lowest BCUT2D eigenvalue weighted by Crippen LogP contribution is -2.51. The van der Waals surface area contributed by atoms with Crippen molar-refractivity contribution in [2.24, 2.45) is 5.92 Å². The predicted molar refractivity (Wildman–Crippen MR) is 120 cm³/mol. The fourth-order valence-corrected chi connectivity index (χ4v) is 3.97. The third-order valence-electron chi connectivity index (χ3n) is 5.75. The highest BCUT2D eigenvalue weighted by Gasteiger charge is 2.30. The van der Waals surface area contributed by atoms with Gasteiger partial charge in [-0.15, -0.1) is 0 Å². The van der Waals surface area contributed by atoms with E-state index in [1.54, 1.807) is 0 Å². The molecule has 3 amide bonds. The maximum atomic E-state index is 13.5. The minimum absolute atomic E-state index is 0.0195. The number of imidazole rings is 1. The van der Waals surface area contributed by atoms with E-state index in [1.165, 1.54) is 28.9 Å². The minimum atomic E-state index is -1.00. The molecule has 34 heavy (non-hydrogen) atoms. The summed E-state index contributed by atoms with van der Waals surface area (Å²) >= 11 is 0. The molecule has 4 rings (SSSR count). The Morgan fingerprint density at radius 2 is 1.97 bits per heavy atom. The summed E-state index contributed by atoms with van der Waals surface area (Å²) < 4.78 is 14.9. The summed E-state index contributed by atoms with van der Waals surface area (Å²) in [7, 11) is 0. The van der Waals surface area contributed by atoms with E-state index in [4.69, 9.17) is 0 Å². The van der Waals surface area contributed by atoms with Gasteiger partial charge in [-0.1, -0.05) is 30.3 Å². The van der Waals surface area contributed by atoms with Crippen molar-refractivity contribution < 1.29 is 23.6 Å². The molecule has 1 aliphatic rings. The first kappa shape index (κ1) is 23.1. The van der Waals surface area contributed by atoms with E-state index < -0.39 is 29.7 Å². The molecule has 0 bridgehead atoms. The number of carbonyl (C=O) groups is 4. The molecule has 9 nitrogen and oxygen atoms in total. The van der Waals surface area contributed by atoms with Gasteiger partial charge in [0.05, 0.1) is 6.04 Å². The number of nitrogens with zero attached hydrogens (tertiary/aromatic N) is 2. The number of halogens is 1. The molecule has 0 saturated carbocycles. The number of pyridine rings is 1. The van der Waals surface area contributed by atoms with Gasteiger partial charge in [-0.25, -0.2) is 9.37 Å². The molecular formula is C24H24FN5O4. The fourth-order valence-electron chi connectivity index (χ4n) is 3.97. The van der Waals surface area contributed by atoms with Crippen molar-refractivity contribution in [1.82, 2.24) is 25.3 Å². The number of aldehydes is 1. The van der Waals surface area contributed by atoms with Crippen molar-refractivity contribution in [3.8, 4) is 0 Å². The van der Waals surface area contributed by atoms with E-state index in [1.807, 2.05) is 30.3 Å². The Morgan fingerprint density at radius 1 is 1.18 bits per heavy atom. The number of hydrogen-bond donors (Lipinski definition) is 3. The summed E-state index contributed by atoms with van der Waals surface area (Å²) in [4.78, 5) is 53.6. The molecule has 0 spiro atoms. The lowest BCUT2D eigenvalue weighted by Gasteiger charge is -2.21. The number of fused-ring (bicyclic) bond motifs is 1. The van der Waals surface area contributed by atoms with Crippen LogP contribution in [-0.4, -0.2) is 52.0 Å². The van der Waals surface area contributed by atoms with Crippen molar-refractivity contribution in [2.45, 2.75) is 31.3 Å². The quantitative estimate of drug-likeness (QED) is 0.408. The first-order valence-corrected chi connectivity index (χ1v) is 11.0. The van der Waals surface area contributed by atoms with E-state index in [0.29, 0.717) is 24.9 Å². The number of benzene rings is 1. The van der Waals surface area contributed by atoms with Crippen LogP contribution in [0.4, 0.5) is 4.39 Å². The summed E-state index contributed by atoms with van der Waals surface area (Å²) in [6.07, 6.45) is 4.12. The third kappa shape index (κ3) is 5.45. The summed E-state index contributed by atoms with van der Waals surface area (Å²) in [6, 6.07) is 9.91. The lowest BCUT2D eigenvalue weighted by atomic mass is 9.98. The smallest absolute Gasteiger partial charge is 0.272 e. The van der Waals surface area contributed by atoms with Gasteiger partial charge in [-0.3, -0.25) is 14.4 Å². The topological polar surface area (TPSA) is 122 Å². The second-order valence-corrected chi connectivity index (χ2v) is 8.22. The van der Waals surface area contributed by atoms with E-state index in [2.05, 4.69) is 20.9 Å². The lowest BCUT2D eigenvalue weighted by molar-refractivity contribution is -0.127. The van der Waals surface area contributed by atoms with Crippen LogP contribution in [0.2, 0.25) is 0 Å². The Labute approximate surface area is 194 Å². The fraction of sp³-hybridized carbons (Fsp3) is 0.292. The van der Waals surface area contributed by atoms with Gasteiger partial charge in [0.25, 0.3) is 5.91 Å². The minimum Gasteiger partial charge on any atom is -0.356 e. The molecule has 0 unspecified atom stereocenters. The average molecular weight is 465 g/mol. The number of nitrogens with one attached hydrogen (secondary N) is 3. The molecule has 1 saturated heterocycles. The van der Waals surface area contributed by atoms with Crippen LogP contribution in [0, 0.1) is 11.7 Å². The van der Waals surface area contributed by atoms with Crippen LogP contribution in [0.5, 0.6) is 0 Å². The summed E-state index contributed by atoms with van der Waals surface area (Å²) in [5, 5.41) is 8.03. The number of aromatic nitrogens is 2. The second kappa shape index (κ2) is 10.2. The zero-order valence-corrected chi connectivity index (χ0v) is 18.2. The van der Waals surface area contributed by atoms with Gasteiger partial charge >= 0.3 is 0 Å². The number of amides is 3. The molecule has 2 aromatic heterocycles. The molecule has 1 fully saturated rings. The Morgan fingerprint density at radius 3 is 2.68 bits per heavy atom. The van der Waals surface area contributed by atoms with Crippen LogP contribution in [0.3, 0.4) is 0 Å². The molecule has 3 heterocycles. The average Bonchev–Trinajstić information content (AvgIpc) is 3.44. The molecule has 10 heteroatoms. The zero-order valence-electron chi connectivity index (χ0n) is 18.2. The number of rotatable bonds is 9. The van der Waals surface area contributed by atoms with Gasteiger partial charge in [-0.05, 0) is 30.5 Å². The van der Waals surface area contributed by atoms with Crippen molar-refractivity contribution in [3.05, 3.63) is 71.9 Å². The molecule has 3 N–H and O–H groups in total. The van der Waals surface area contributed by atoms with E-state index in [0.717, 1.165) is 5.56 Å². The highest BCUT2D eigenvalue weighted by molar-refractivity contribution is 5.97. The van der Waals surface area contributed by atoms with Gasteiger partial charge in [0.15, 0.2) is 0 Å². The molecular weight excluding hydrogens is 441 g/mol. The van der Waals surface area contributed by atoms with E-state index >= 15 is 0 Å². The van der Waals surface area contributed by atoms with Crippen LogP contribution in [0.25, 0.3) is 5.65 Å². The maximum Gasteiger partial charge on any atom is 0.272 e. The van der Waals surface area contributed by atoms with Gasteiger partial charge < -0.3 is 25.1 Å². The van der Waals surface area contributed by atoms with Crippen LogP contribution in [0.15, 0.2) is 54.9 Å². The first-order valence-electron chi connectivity index (χ1n) is 11.0. The van der Waals surface area contributed by atoms with Crippen LogP contribution < -0.4 is 16.0 Å². The highest BCUT2D eigenvalue weighted by Crippen LogP contribution is 2.16. The van der Waals surface area contributed by atoms with Crippen molar-refractivity contribution in [2.75, 3.05) is 6.54 Å². The summed E-state index contributed by atoms with van der Waals surface area (Å²) in [5.41, 5.74) is 1.20. The maximum absolute atomic E-state index is 13.5. The Kier molecular flexibility index (Phi) is 6.95. The molecule has 3 atom stereocenters. The molecule has 176 valence electrons. The molecule has 3 aromatic rings. The van der Waals surface area contributed by atoms with Gasteiger partial charge in [0.2, 0.25) is 11.8 Å². The van der Waals surface area contributed by atoms with Gasteiger partial charge in [0.1, 0.15) is 29.5 Å². The monoisotopic (exact) mass is 465 g/mol. The molecule has 1 aliphatic heterocycles. The van der Waals surface area contributed by atoms with Crippen molar-refractivity contribution in [3.63, 3.8) is 0 Å². The van der Waals surface area contributed by atoms with Gasteiger partial charge in [0, 0.05) is 31.3 Å². The zero-order chi connectivity index (χ0) is 24.1. The predicted octanol–water partition coefficient (Wildman–Crippen LogP) is 1.02. The Bertz CT molecular complexity index is 1210. The summed E-state index contributed by atoms with van der Waals surface area (Å²) in [5.74, 6) is -2.14. The molecule has 1 aromatic carbocycles.